The Morgan fingerprint density at radius 3 is 1.21 bits per heavy atom. The van der Waals surface area contributed by atoms with E-state index in [0.29, 0.717) is 6.54 Å². The van der Waals surface area contributed by atoms with Gasteiger partial charge in [0.1, 0.15) is 11.6 Å². The van der Waals surface area contributed by atoms with Crippen LogP contribution in [0.15, 0.2) is 109 Å². The summed E-state index contributed by atoms with van der Waals surface area (Å²) in [6.45, 7) is 34.7. The zero-order valence-electron chi connectivity index (χ0n) is 45.3. The number of hydrogen-bond acceptors (Lipinski definition) is 4. The summed E-state index contributed by atoms with van der Waals surface area (Å²) < 4.78 is 27.1. The molecule has 0 spiro atoms. The molecular formula is C61H92F2N4. The largest absolute Gasteiger partial charge is 0.316 e. The van der Waals surface area contributed by atoms with Gasteiger partial charge in [-0.3, -0.25) is 4.98 Å². The van der Waals surface area contributed by atoms with Crippen molar-refractivity contribution in [2.24, 2.45) is 0 Å². The number of nitrogens with one attached hydrogen (secondary N) is 3. The molecule has 1 heterocycles. The first-order valence-corrected chi connectivity index (χ1v) is 24.7. The van der Waals surface area contributed by atoms with E-state index < -0.39 is 0 Å². The molecule has 1 aliphatic rings. The van der Waals surface area contributed by atoms with Gasteiger partial charge in [0.05, 0.1) is 0 Å². The van der Waals surface area contributed by atoms with Gasteiger partial charge in [0.15, 0.2) is 0 Å². The Morgan fingerprint density at radius 1 is 0.418 bits per heavy atom. The molecule has 0 aliphatic heterocycles. The van der Waals surface area contributed by atoms with Crippen molar-refractivity contribution in [3.05, 3.63) is 171 Å². The highest BCUT2D eigenvalue weighted by molar-refractivity contribution is 5.32. The molecule has 5 aromatic rings. The number of rotatable bonds is 7. The Bertz CT molecular complexity index is 2120. The fourth-order valence-corrected chi connectivity index (χ4v) is 7.81. The predicted octanol–water partition coefficient (Wildman–Crippen LogP) is 15.8. The normalized spacial score (nSPS) is 13.4. The van der Waals surface area contributed by atoms with Crippen molar-refractivity contribution in [1.29, 1.82) is 0 Å². The summed E-state index contributed by atoms with van der Waals surface area (Å²) >= 11 is 0. The number of pyridine rings is 1. The molecule has 3 N–H and O–H groups in total. The summed E-state index contributed by atoms with van der Waals surface area (Å²) in [5.41, 5.74) is 11.3. The van der Waals surface area contributed by atoms with E-state index >= 15 is 0 Å². The van der Waals surface area contributed by atoms with E-state index in [2.05, 4.69) is 144 Å². The minimum Gasteiger partial charge on any atom is -0.316 e. The van der Waals surface area contributed by atoms with Crippen LogP contribution in [0, 0.1) is 11.6 Å². The Hall–Kier alpha value is -4.23. The van der Waals surface area contributed by atoms with Gasteiger partial charge in [-0.2, -0.15) is 0 Å². The van der Waals surface area contributed by atoms with Gasteiger partial charge in [-0.15, -0.1) is 0 Å². The van der Waals surface area contributed by atoms with E-state index in [1.807, 2.05) is 99.3 Å². The minimum absolute atomic E-state index is 0.106. The fourth-order valence-electron chi connectivity index (χ4n) is 7.81. The lowest BCUT2D eigenvalue weighted by atomic mass is 9.81. The lowest BCUT2D eigenvalue weighted by molar-refractivity contribution is 0.443. The van der Waals surface area contributed by atoms with Crippen molar-refractivity contribution < 1.29 is 8.78 Å². The topological polar surface area (TPSA) is 49.0 Å². The standard InChI is InChI=1S/C16H24.2C12H18FN.C12H19N.C9H13N/c1-16(2,3)15-11-9-14(10-12-15)13-7-5-4-6-8-13;1-12(2,3)10-7-9(8-14-4)5-6-11(10)13;1-12(2,3)10-6-5-9(8-14-4)7-11(10)13;1-12(2,3)11-7-5-10(6-8-11)9-13-4;1-9(2,3)8-4-6-10-7-5-8/h9-13H,4-8H2,1-3H3;2*5-7,14H,8H2,1-4H3;5-8,13H,9H2,1-4H3;4-7H,1-3H3. The highest BCUT2D eigenvalue weighted by Crippen LogP contribution is 2.34. The summed E-state index contributed by atoms with van der Waals surface area (Å²) in [6, 6.07) is 33.0. The highest BCUT2D eigenvalue weighted by Gasteiger charge is 2.20. The molecule has 1 saturated carbocycles. The third-order valence-electron chi connectivity index (χ3n) is 12.0. The molecule has 4 aromatic carbocycles. The lowest BCUT2D eigenvalue weighted by Crippen LogP contribution is -2.15. The molecule has 1 aliphatic carbocycles. The molecule has 370 valence electrons. The van der Waals surface area contributed by atoms with Gasteiger partial charge in [-0.25, -0.2) is 8.78 Å². The second-order valence-corrected chi connectivity index (χ2v) is 23.4. The Labute approximate surface area is 409 Å². The van der Waals surface area contributed by atoms with Crippen LogP contribution in [0.3, 0.4) is 0 Å². The maximum atomic E-state index is 13.6. The van der Waals surface area contributed by atoms with Crippen LogP contribution in [0.2, 0.25) is 0 Å². The maximum Gasteiger partial charge on any atom is 0.127 e. The second-order valence-electron chi connectivity index (χ2n) is 23.4. The first-order valence-electron chi connectivity index (χ1n) is 24.7. The number of benzene rings is 4. The number of hydrogen-bond donors (Lipinski definition) is 3. The average Bonchev–Trinajstić information content (AvgIpc) is 3.25. The molecule has 67 heavy (non-hydrogen) atoms. The summed E-state index contributed by atoms with van der Waals surface area (Å²) in [5, 5.41) is 9.20. The molecule has 6 heteroatoms. The number of halogens is 2. The lowest BCUT2D eigenvalue weighted by Gasteiger charge is -2.24. The van der Waals surface area contributed by atoms with Crippen LogP contribution >= 0.6 is 0 Å². The predicted molar refractivity (Wildman–Crippen MR) is 288 cm³/mol. The van der Waals surface area contributed by atoms with E-state index in [0.717, 1.165) is 41.3 Å². The molecule has 4 nitrogen and oxygen atoms in total. The smallest absolute Gasteiger partial charge is 0.127 e. The van der Waals surface area contributed by atoms with Crippen molar-refractivity contribution in [3.8, 4) is 0 Å². The molecule has 1 aromatic heterocycles. The van der Waals surface area contributed by atoms with Crippen LogP contribution in [0.5, 0.6) is 0 Å². The number of aromatic nitrogens is 1. The molecule has 0 bridgehead atoms. The second kappa shape index (κ2) is 27.1. The molecule has 1 fully saturated rings. The van der Waals surface area contributed by atoms with E-state index in [-0.39, 0.29) is 38.7 Å². The van der Waals surface area contributed by atoms with Gasteiger partial charge in [-0.05, 0) is 141 Å². The zero-order valence-corrected chi connectivity index (χ0v) is 45.3. The van der Waals surface area contributed by atoms with Crippen molar-refractivity contribution in [3.63, 3.8) is 0 Å². The van der Waals surface area contributed by atoms with Gasteiger partial charge >= 0.3 is 0 Å². The van der Waals surface area contributed by atoms with Gasteiger partial charge in [0.2, 0.25) is 0 Å². The molecule has 0 unspecified atom stereocenters. The maximum absolute atomic E-state index is 13.6. The van der Waals surface area contributed by atoms with Crippen molar-refractivity contribution in [2.75, 3.05) is 21.1 Å². The monoisotopic (exact) mass is 919 g/mol. The minimum atomic E-state index is -0.131. The molecule has 0 amide bonds. The van der Waals surface area contributed by atoms with Gasteiger partial charge in [-0.1, -0.05) is 196 Å². The first-order chi connectivity index (χ1) is 31.1. The van der Waals surface area contributed by atoms with Crippen LogP contribution in [0.25, 0.3) is 0 Å². The molecule has 0 saturated heterocycles. The summed E-state index contributed by atoms with van der Waals surface area (Å²) in [6.07, 6.45) is 10.7. The third kappa shape index (κ3) is 21.7. The van der Waals surface area contributed by atoms with E-state index in [1.54, 1.807) is 17.7 Å². The fraction of sp³-hybridized carbons (Fsp3) is 0.525. The third-order valence-corrected chi connectivity index (χ3v) is 12.0. The Balaban J connectivity index is 0.000000290. The first kappa shape index (κ1) is 58.9. The summed E-state index contributed by atoms with van der Waals surface area (Å²) in [5.74, 6) is 0.616. The molecule has 0 radical (unpaired) electrons. The van der Waals surface area contributed by atoms with E-state index in [9.17, 15) is 8.78 Å². The SMILES string of the molecule is CC(C)(C)c1ccc(C2CCCCC2)cc1.CC(C)(C)c1ccncc1.CNCc1ccc(C(C)(C)C)c(F)c1.CNCc1ccc(C(C)(C)C)cc1.CNCc1ccc(F)c(C(C)(C)C)c1. The van der Waals surface area contributed by atoms with Crippen molar-refractivity contribution in [2.45, 2.75) is 189 Å². The molecule has 0 atom stereocenters. The quantitative estimate of drug-likeness (QED) is 0.152. The highest BCUT2D eigenvalue weighted by atomic mass is 19.1. The average molecular weight is 919 g/mol. The van der Waals surface area contributed by atoms with Gasteiger partial charge in [0, 0.05) is 32.0 Å². The zero-order chi connectivity index (χ0) is 50.6. The van der Waals surface area contributed by atoms with E-state index in [1.165, 1.54) is 54.4 Å². The van der Waals surface area contributed by atoms with Gasteiger partial charge in [0.25, 0.3) is 0 Å². The van der Waals surface area contributed by atoms with E-state index in [4.69, 9.17) is 0 Å². The van der Waals surface area contributed by atoms with Crippen LogP contribution in [0.4, 0.5) is 8.78 Å². The summed E-state index contributed by atoms with van der Waals surface area (Å²) in [7, 11) is 5.72. The Morgan fingerprint density at radius 2 is 0.806 bits per heavy atom. The molecular weight excluding hydrogens is 827 g/mol. The van der Waals surface area contributed by atoms with Gasteiger partial charge < -0.3 is 16.0 Å². The van der Waals surface area contributed by atoms with Crippen molar-refractivity contribution in [1.82, 2.24) is 20.9 Å². The van der Waals surface area contributed by atoms with Crippen LogP contribution < -0.4 is 16.0 Å². The molecule has 6 rings (SSSR count). The Kier molecular flexibility index (Phi) is 23.8. The number of nitrogens with zero attached hydrogens (tertiary/aromatic N) is 1. The van der Waals surface area contributed by atoms with Crippen molar-refractivity contribution >= 4 is 0 Å². The van der Waals surface area contributed by atoms with Crippen LogP contribution in [0.1, 0.15) is 192 Å². The van der Waals surface area contributed by atoms with Crippen LogP contribution in [-0.2, 0) is 46.7 Å². The van der Waals surface area contributed by atoms with Crippen LogP contribution in [-0.4, -0.2) is 26.1 Å². The summed E-state index contributed by atoms with van der Waals surface area (Å²) in [4.78, 5) is 3.96.